The normalized spacial score (nSPS) is 12.1. The molecule has 0 saturated carbocycles. The molecule has 0 aliphatic heterocycles. The van der Waals surface area contributed by atoms with E-state index in [2.05, 4.69) is 13.5 Å². The molecule has 0 fully saturated rings. The Morgan fingerprint density at radius 3 is 2.50 bits per heavy atom. The molecule has 0 heterocycles. The molecule has 0 amide bonds. The van der Waals surface area contributed by atoms with E-state index in [0.717, 1.165) is 25.7 Å². The van der Waals surface area contributed by atoms with Gasteiger partial charge in [0.25, 0.3) is 0 Å². The Labute approximate surface area is 100 Å². The van der Waals surface area contributed by atoms with E-state index in [9.17, 15) is 4.79 Å². The molecule has 0 spiro atoms. The lowest BCUT2D eigenvalue weighted by molar-refractivity contribution is -0.148. The lowest BCUT2D eigenvalue weighted by atomic mass is 9.98. The Hall–Kier alpha value is -0.790. The molecule has 0 saturated heterocycles. The van der Waals surface area contributed by atoms with Crippen molar-refractivity contribution in [2.75, 3.05) is 6.61 Å². The van der Waals surface area contributed by atoms with Crippen molar-refractivity contribution in [3.63, 3.8) is 0 Å². The van der Waals surface area contributed by atoms with Crippen molar-refractivity contribution in [3.8, 4) is 0 Å². The van der Waals surface area contributed by atoms with Crippen LogP contribution in [0.2, 0.25) is 0 Å². The predicted molar refractivity (Wildman–Crippen MR) is 68.3 cm³/mol. The van der Waals surface area contributed by atoms with Gasteiger partial charge in [0.2, 0.25) is 0 Å². The fraction of sp³-hybridized carbons (Fsp3) is 0.786. The molecule has 0 aromatic heterocycles. The second kappa shape index (κ2) is 10.7. The second-order valence-corrected chi connectivity index (χ2v) is 4.14. The summed E-state index contributed by atoms with van der Waals surface area (Å²) in [4.78, 5) is 11.5. The van der Waals surface area contributed by atoms with E-state index in [0.29, 0.717) is 6.61 Å². The summed E-state index contributed by atoms with van der Waals surface area (Å²) in [5.74, 6) is 0.0930. The number of ether oxygens (including phenoxy) is 1. The van der Waals surface area contributed by atoms with E-state index < -0.39 is 0 Å². The van der Waals surface area contributed by atoms with Crippen molar-refractivity contribution in [1.29, 1.82) is 0 Å². The van der Waals surface area contributed by atoms with Gasteiger partial charge in [-0.15, -0.1) is 6.58 Å². The first-order chi connectivity index (χ1) is 7.76. The molecule has 1 atom stereocenters. The molecule has 0 aliphatic carbocycles. The smallest absolute Gasteiger partial charge is 0.308 e. The van der Waals surface area contributed by atoms with Crippen LogP contribution in [0.1, 0.15) is 58.8 Å². The minimum absolute atomic E-state index is 0.0175. The summed E-state index contributed by atoms with van der Waals surface area (Å²) in [7, 11) is 0. The van der Waals surface area contributed by atoms with Gasteiger partial charge in [0.15, 0.2) is 0 Å². The van der Waals surface area contributed by atoms with Crippen molar-refractivity contribution in [2.45, 2.75) is 58.8 Å². The van der Waals surface area contributed by atoms with Gasteiger partial charge < -0.3 is 4.74 Å². The van der Waals surface area contributed by atoms with Crippen molar-refractivity contribution in [1.82, 2.24) is 0 Å². The van der Waals surface area contributed by atoms with Gasteiger partial charge in [-0.25, -0.2) is 0 Å². The molecular formula is C14H26O2. The van der Waals surface area contributed by atoms with E-state index in [1.54, 1.807) is 0 Å². The summed E-state index contributed by atoms with van der Waals surface area (Å²) < 4.78 is 5.04. The topological polar surface area (TPSA) is 26.3 Å². The van der Waals surface area contributed by atoms with E-state index >= 15 is 0 Å². The third-order valence-corrected chi connectivity index (χ3v) is 2.82. The van der Waals surface area contributed by atoms with Crippen LogP contribution in [0.25, 0.3) is 0 Å². The van der Waals surface area contributed by atoms with Crippen LogP contribution in [0.3, 0.4) is 0 Å². The van der Waals surface area contributed by atoms with E-state index in [1.807, 2.05) is 13.0 Å². The van der Waals surface area contributed by atoms with Crippen LogP contribution < -0.4 is 0 Å². The summed E-state index contributed by atoms with van der Waals surface area (Å²) in [6.07, 6.45) is 9.75. The number of esters is 1. The van der Waals surface area contributed by atoms with Crippen molar-refractivity contribution >= 4 is 5.97 Å². The van der Waals surface area contributed by atoms with Gasteiger partial charge in [0.05, 0.1) is 12.5 Å². The first-order valence-corrected chi connectivity index (χ1v) is 6.53. The first-order valence-electron chi connectivity index (χ1n) is 6.53. The fourth-order valence-electron chi connectivity index (χ4n) is 1.78. The molecule has 0 aromatic rings. The SMILES string of the molecule is C=CCCCCCCC(CC)C(=O)OCC. The van der Waals surface area contributed by atoms with E-state index in [1.165, 1.54) is 19.3 Å². The van der Waals surface area contributed by atoms with Gasteiger partial charge >= 0.3 is 5.97 Å². The van der Waals surface area contributed by atoms with Crippen LogP contribution >= 0.6 is 0 Å². The van der Waals surface area contributed by atoms with Crippen LogP contribution in [0.15, 0.2) is 12.7 Å². The van der Waals surface area contributed by atoms with Crippen LogP contribution in [0.5, 0.6) is 0 Å². The zero-order chi connectivity index (χ0) is 12.2. The average molecular weight is 226 g/mol. The molecule has 0 aromatic carbocycles. The fourth-order valence-corrected chi connectivity index (χ4v) is 1.78. The Kier molecular flexibility index (Phi) is 10.2. The number of unbranched alkanes of at least 4 members (excludes halogenated alkanes) is 4. The summed E-state index contributed by atoms with van der Waals surface area (Å²) in [5, 5.41) is 0. The summed E-state index contributed by atoms with van der Waals surface area (Å²) in [5.41, 5.74) is 0. The Bertz CT molecular complexity index is 187. The third-order valence-electron chi connectivity index (χ3n) is 2.82. The van der Waals surface area contributed by atoms with Crippen molar-refractivity contribution < 1.29 is 9.53 Å². The summed E-state index contributed by atoms with van der Waals surface area (Å²) in [6, 6.07) is 0. The minimum Gasteiger partial charge on any atom is -0.466 e. The molecule has 0 rings (SSSR count). The van der Waals surface area contributed by atoms with E-state index in [-0.39, 0.29) is 11.9 Å². The highest BCUT2D eigenvalue weighted by molar-refractivity contribution is 5.72. The van der Waals surface area contributed by atoms with Crippen molar-refractivity contribution in [2.24, 2.45) is 5.92 Å². The van der Waals surface area contributed by atoms with Crippen LogP contribution in [0, 0.1) is 5.92 Å². The van der Waals surface area contributed by atoms with Crippen LogP contribution in [-0.4, -0.2) is 12.6 Å². The zero-order valence-electron chi connectivity index (χ0n) is 10.8. The predicted octanol–water partition coefficient (Wildman–Crippen LogP) is 4.10. The average Bonchev–Trinajstić information content (AvgIpc) is 2.28. The van der Waals surface area contributed by atoms with Gasteiger partial charge in [0.1, 0.15) is 0 Å². The molecule has 0 aliphatic rings. The molecule has 0 bridgehead atoms. The van der Waals surface area contributed by atoms with Gasteiger partial charge in [0, 0.05) is 0 Å². The summed E-state index contributed by atoms with van der Waals surface area (Å²) in [6.45, 7) is 8.11. The largest absolute Gasteiger partial charge is 0.466 e. The molecule has 0 radical (unpaired) electrons. The van der Waals surface area contributed by atoms with Crippen LogP contribution in [-0.2, 0) is 9.53 Å². The molecule has 2 nitrogen and oxygen atoms in total. The number of carbonyl (C=O) groups is 1. The molecular weight excluding hydrogens is 200 g/mol. The molecule has 0 N–H and O–H groups in total. The molecule has 94 valence electrons. The quantitative estimate of drug-likeness (QED) is 0.318. The highest BCUT2D eigenvalue weighted by atomic mass is 16.5. The number of allylic oxidation sites excluding steroid dienone is 1. The van der Waals surface area contributed by atoms with Gasteiger partial charge in [-0.2, -0.15) is 0 Å². The maximum Gasteiger partial charge on any atom is 0.308 e. The minimum atomic E-state index is -0.0175. The molecule has 16 heavy (non-hydrogen) atoms. The van der Waals surface area contributed by atoms with E-state index in [4.69, 9.17) is 4.74 Å². The maximum absolute atomic E-state index is 11.5. The van der Waals surface area contributed by atoms with Gasteiger partial charge in [-0.05, 0) is 32.6 Å². The zero-order valence-corrected chi connectivity index (χ0v) is 10.8. The first kappa shape index (κ1) is 15.2. The third kappa shape index (κ3) is 7.49. The Morgan fingerprint density at radius 2 is 1.94 bits per heavy atom. The lowest BCUT2D eigenvalue weighted by Gasteiger charge is -2.12. The Balaban J connectivity index is 3.54. The monoisotopic (exact) mass is 226 g/mol. The van der Waals surface area contributed by atoms with Gasteiger partial charge in [-0.3, -0.25) is 4.79 Å². The van der Waals surface area contributed by atoms with Crippen LogP contribution in [0.4, 0.5) is 0 Å². The lowest BCUT2D eigenvalue weighted by Crippen LogP contribution is -2.16. The van der Waals surface area contributed by atoms with Crippen molar-refractivity contribution in [3.05, 3.63) is 12.7 Å². The molecule has 2 heteroatoms. The van der Waals surface area contributed by atoms with Gasteiger partial charge in [-0.1, -0.05) is 32.3 Å². The number of hydrogen-bond acceptors (Lipinski definition) is 2. The maximum atomic E-state index is 11.5. The summed E-state index contributed by atoms with van der Waals surface area (Å²) >= 11 is 0. The molecule has 1 unspecified atom stereocenters. The second-order valence-electron chi connectivity index (χ2n) is 4.14. The highest BCUT2D eigenvalue weighted by Gasteiger charge is 2.16. The standard InChI is InChI=1S/C14H26O2/c1-4-7-8-9-10-11-12-13(5-2)14(15)16-6-3/h4,13H,1,5-12H2,2-3H3. The number of carbonyl (C=O) groups excluding carboxylic acids is 1. The Morgan fingerprint density at radius 1 is 1.25 bits per heavy atom. The highest BCUT2D eigenvalue weighted by Crippen LogP contribution is 2.16. The number of rotatable bonds is 10. The number of hydrogen-bond donors (Lipinski definition) is 0.